The molecule has 3 aromatic rings. The number of nitrogens with two attached hydrogens (primary N) is 1. The van der Waals surface area contributed by atoms with Crippen molar-refractivity contribution >= 4 is 24.3 Å². The number of pyridine rings is 1. The molecule has 0 saturated carbocycles. The molecule has 2 aromatic carbocycles. The minimum atomic E-state index is -0.766. The fraction of sp³-hybridized carbons (Fsp3) is 0.208. The first-order chi connectivity index (χ1) is 14.8. The second kappa shape index (κ2) is 10.6. The molecule has 0 bridgehead atoms. The van der Waals surface area contributed by atoms with Gasteiger partial charge in [0.05, 0.1) is 24.6 Å². The lowest BCUT2D eigenvalue weighted by atomic mass is 9.90. The summed E-state index contributed by atoms with van der Waals surface area (Å²) in [5.74, 6) is -1.26. The van der Waals surface area contributed by atoms with Gasteiger partial charge in [-0.15, -0.1) is 12.4 Å². The zero-order chi connectivity index (χ0) is 22.5. The van der Waals surface area contributed by atoms with Crippen molar-refractivity contribution in [3.8, 4) is 28.5 Å². The SMILES string of the molecule is COc1cc(C(C(N)=O)c2ccnc(-c3cccc(OC(=O)C(C)C)c3)c2)ccc1O.Cl. The number of phenolic OH excluding ortho intramolecular Hbond substituents is 1. The summed E-state index contributed by atoms with van der Waals surface area (Å²) in [5, 5.41) is 9.85. The van der Waals surface area contributed by atoms with Crippen molar-refractivity contribution in [2.75, 3.05) is 7.11 Å². The van der Waals surface area contributed by atoms with E-state index in [-0.39, 0.29) is 35.8 Å². The highest BCUT2D eigenvalue weighted by Crippen LogP contribution is 2.34. The summed E-state index contributed by atoms with van der Waals surface area (Å²) in [5.41, 5.74) is 8.24. The summed E-state index contributed by atoms with van der Waals surface area (Å²) in [6.07, 6.45) is 1.59. The standard InChI is InChI=1S/C24H24N2O5.ClH/c1-14(2)24(29)31-18-6-4-5-15(11-18)19-12-17(9-10-26-19)22(23(25)28)16-7-8-20(27)21(13-16)30-3;/h4-14,22,27H,1-3H3,(H2,25,28);1H. The molecule has 0 aliphatic heterocycles. The highest BCUT2D eigenvalue weighted by atomic mass is 35.5. The second-order valence-electron chi connectivity index (χ2n) is 7.34. The van der Waals surface area contributed by atoms with Gasteiger partial charge >= 0.3 is 5.97 Å². The van der Waals surface area contributed by atoms with Crippen LogP contribution in [0.2, 0.25) is 0 Å². The molecule has 32 heavy (non-hydrogen) atoms. The molecule has 1 heterocycles. The Bertz CT molecular complexity index is 1120. The van der Waals surface area contributed by atoms with Crippen LogP contribution in [0, 0.1) is 5.92 Å². The zero-order valence-corrected chi connectivity index (χ0v) is 18.8. The fourth-order valence-corrected chi connectivity index (χ4v) is 3.13. The molecule has 1 unspecified atom stereocenters. The number of hydrogen-bond donors (Lipinski definition) is 2. The Morgan fingerprint density at radius 3 is 2.41 bits per heavy atom. The first-order valence-electron chi connectivity index (χ1n) is 9.74. The molecule has 3 N–H and O–H groups in total. The van der Waals surface area contributed by atoms with E-state index < -0.39 is 11.8 Å². The van der Waals surface area contributed by atoms with Crippen molar-refractivity contribution in [1.82, 2.24) is 4.98 Å². The Morgan fingerprint density at radius 1 is 1.03 bits per heavy atom. The van der Waals surface area contributed by atoms with E-state index in [2.05, 4.69) is 4.98 Å². The molecule has 0 saturated heterocycles. The molecule has 0 spiro atoms. The quantitative estimate of drug-likeness (QED) is 0.409. The van der Waals surface area contributed by atoms with Crippen LogP contribution in [0.3, 0.4) is 0 Å². The van der Waals surface area contributed by atoms with Gasteiger partial charge < -0.3 is 20.3 Å². The van der Waals surface area contributed by atoms with Gasteiger partial charge in [0.1, 0.15) is 5.75 Å². The summed E-state index contributed by atoms with van der Waals surface area (Å²) in [4.78, 5) is 28.6. The van der Waals surface area contributed by atoms with Crippen LogP contribution >= 0.6 is 12.4 Å². The lowest BCUT2D eigenvalue weighted by Gasteiger charge is -2.17. The van der Waals surface area contributed by atoms with E-state index >= 15 is 0 Å². The van der Waals surface area contributed by atoms with E-state index in [9.17, 15) is 14.7 Å². The van der Waals surface area contributed by atoms with Crippen molar-refractivity contribution in [2.24, 2.45) is 11.7 Å². The summed E-state index contributed by atoms with van der Waals surface area (Å²) < 4.78 is 10.5. The Balaban J connectivity index is 0.00000363. The van der Waals surface area contributed by atoms with Gasteiger partial charge in [0.2, 0.25) is 5.91 Å². The number of esters is 1. The highest BCUT2D eigenvalue weighted by molar-refractivity contribution is 5.86. The number of rotatable bonds is 7. The number of primary amides is 1. The molecule has 3 rings (SSSR count). The fourth-order valence-electron chi connectivity index (χ4n) is 3.13. The molecule has 1 atom stereocenters. The number of hydrogen-bond acceptors (Lipinski definition) is 6. The summed E-state index contributed by atoms with van der Waals surface area (Å²) in [7, 11) is 1.43. The smallest absolute Gasteiger partial charge is 0.313 e. The molecule has 168 valence electrons. The van der Waals surface area contributed by atoms with E-state index in [1.165, 1.54) is 13.2 Å². The molecule has 0 aliphatic carbocycles. The number of ether oxygens (including phenoxy) is 2. The van der Waals surface area contributed by atoms with Crippen molar-refractivity contribution in [2.45, 2.75) is 19.8 Å². The van der Waals surface area contributed by atoms with E-state index in [0.717, 1.165) is 5.56 Å². The number of carbonyl (C=O) groups excluding carboxylic acids is 2. The number of halogens is 1. The maximum atomic E-state index is 12.3. The first kappa shape index (κ1) is 24.7. The number of aromatic hydroxyl groups is 1. The molecule has 7 nitrogen and oxygen atoms in total. The van der Waals surface area contributed by atoms with Gasteiger partial charge in [0.15, 0.2) is 11.5 Å². The molecular weight excluding hydrogens is 432 g/mol. The third-order valence-corrected chi connectivity index (χ3v) is 4.76. The van der Waals surface area contributed by atoms with Gasteiger partial charge in [0, 0.05) is 11.8 Å². The Morgan fingerprint density at radius 2 is 1.75 bits per heavy atom. The lowest BCUT2D eigenvalue weighted by Crippen LogP contribution is -2.22. The third-order valence-electron chi connectivity index (χ3n) is 4.76. The van der Waals surface area contributed by atoms with Crippen LogP contribution in [0.1, 0.15) is 30.9 Å². The third kappa shape index (κ3) is 5.56. The first-order valence-corrected chi connectivity index (χ1v) is 9.74. The van der Waals surface area contributed by atoms with Crippen LogP contribution in [-0.4, -0.2) is 29.1 Å². The maximum absolute atomic E-state index is 12.3. The summed E-state index contributed by atoms with van der Waals surface area (Å²) in [6, 6.07) is 15.1. The number of carbonyl (C=O) groups is 2. The summed E-state index contributed by atoms with van der Waals surface area (Å²) >= 11 is 0. The molecule has 0 fully saturated rings. The van der Waals surface area contributed by atoms with Crippen LogP contribution in [0.5, 0.6) is 17.2 Å². The normalized spacial score (nSPS) is 11.4. The average molecular weight is 457 g/mol. The molecule has 0 aliphatic rings. The Labute approximate surface area is 192 Å². The largest absolute Gasteiger partial charge is 0.504 e. The predicted octanol–water partition coefficient (Wildman–Crippen LogP) is 4.06. The monoisotopic (exact) mass is 456 g/mol. The number of benzene rings is 2. The lowest BCUT2D eigenvalue weighted by molar-refractivity contribution is -0.137. The van der Waals surface area contributed by atoms with Gasteiger partial charge in [-0.25, -0.2) is 0 Å². The minimum absolute atomic E-state index is 0. The number of nitrogens with zero attached hydrogens (tertiary/aromatic N) is 1. The van der Waals surface area contributed by atoms with Gasteiger partial charge in [-0.05, 0) is 47.5 Å². The number of phenols is 1. The van der Waals surface area contributed by atoms with Crippen molar-refractivity contribution in [1.29, 1.82) is 0 Å². The topological polar surface area (TPSA) is 112 Å². The Hall–Kier alpha value is -3.58. The van der Waals surface area contributed by atoms with Gasteiger partial charge in [-0.2, -0.15) is 0 Å². The van der Waals surface area contributed by atoms with Crippen molar-refractivity contribution < 1.29 is 24.2 Å². The molecule has 1 amide bonds. The minimum Gasteiger partial charge on any atom is -0.504 e. The second-order valence-corrected chi connectivity index (χ2v) is 7.34. The number of aromatic nitrogens is 1. The van der Waals surface area contributed by atoms with Gasteiger partial charge in [-0.1, -0.05) is 32.0 Å². The van der Waals surface area contributed by atoms with Gasteiger partial charge in [-0.3, -0.25) is 14.6 Å². The van der Waals surface area contributed by atoms with Crippen LogP contribution < -0.4 is 15.2 Å². The van der Waals surface area contributed by atoms with Gasteiger partial charge in [0.25, 0.3) is 0 Å². The number of amides is 1. The molecule has 1 aromatic heterocycles. The Kier molecular flexibility index (Phi) is 8.21. The maximum Gasteiger partial charge on any atom is 0.313 e. The van der Waals surface area contributed by atoms with E-state index in [1.807, 2.05) is 6.07 Å². The van der Waals surface area contributed by atoms with Crippen molar-refractivity contribution in [3.05, 3.63) is 71.9 Å². The molecule has 8 heteroatoms. The van der Waals surface area contributed by atoms with Crippen LogP contribution in [0.4, 0.5) is 0 Å². The molecular formula is C24H25ClN2O5. The highest BCUT2D eigenvalue weighted by Gasteiger charge is 2.22. The van der Waals surface area contributed by atoms with E-state index in [0.29, 0.717) is 22.6 Å². The summed E-state index contributed by atoms with van der Waals surface area (Å²) in [6.45, 7) is 3.53. The van der Waals surface area contributed by atoms with E-state index in [4.69, 9.17) is 15.2 Å². The number of methoxy groups -OCH3 is 1. The predicted molar refractivity (Wildman–Crippen MR) is 123 cm³/mol. The van der Waals surface area contributed by atoms with Crippen LogP contribution in [0.25, 0.3) is 11.3 Å². The van der Waals surface area contributed by atoms with E-state index in [1.54, 1.807) is 62.5 Å². The van der Waals surface area contributed by atoms with Crippen molar-refractivity contribution in [3.63, 3.8) is 0 Å². The van der Waals surface area contributed by atoms with Crippen LogP contribution in [-0.2, 0) is 9.59 Å². The average Bonchev–Trinajstić information content (AvgIpc) is 2.75. The molecule has 0 radical (unpaired) electrons. The zero-order valence-electron chi connectivity index (χ0n) is 17.9. The van der Waals surface area contributed by atoms with Crippen LogP contribution in [0.15, 0.2) is 60.8 Å².